The van der Waals surface area contributed by atoms with Crippen molar-refractivity contribution in [2.75, 3.05) is 35.8 Å². The maximum atomic E-state index is 11.6. The van der Waals surface area contributed by atoms with Gasteiger partial charge >= 0.3 is 18.3 Å². The summed E-state index contributed by atoms with van der Waals surface area (Å²) in [6, 6.07) is 8.97. The van der Waals surface area contributed by atoms with Crippen LogP contribution in [0.5, 0.6) is 17.2 Å². The van der Waals surface area contributed by atoms with Crippen molar-refractivity contribution in [2.45, 2.75) is 105 Å². The lowest BCUT2D eigenvalue weighted by Crippen LogP contribution is -2.14. The first-order valence-corrected chi connectivity index (χ1v) is 20.7. The van der Waals surface area contributed by atoms with Crippen molar-refractivity contribution in [3.8, 4) is 17.2 Å². The van der Waals surface area contributed by atoms with Crippen molar-refractivity contribution < 1.29 is 43.9 Å². The van der Waals surface area contributed by atoms with Gasteiger partial charge in [-0.25, -0.2) is 14.4 Å². The molecule has 3 aromatic rings. The van der Waals surface area contributed by atoms with Crippen molar-refractivity contribution in [3.63, 3.8) is 0 Å². The molecule has 6 N–H and O–H groups in total. The number of benzene rings is 3. The second kappa shape index (κ2) is 29.5. The summed E-state index contributed by atoms with van der Waals surface area (Å²) in [6.07, 6.45) is 10.5. The summed E-state index contributed by atoms with van der Waals surface area (Å²) in [4.78, 5) is 34.5. The minimum absolute atomic E-state index is 0.0748. The summed E-state index contributed by atoms with van der Waals surface area (Å²) in [5.41, 5.74) is 1.09. The monoisotopic (exact) mass is 895 g/mol. The largest absolute Gasteiger partial charge is 0.504 e. The second-order valence-electron chi connectivity index (χ2n) is 12.6. The quantitative estimate of drug-likeness (QED) is 0.0412. The van der Waals surface area contributed by atoms with Gasteiger partial charge in [0.15, 0.2) is 17.2 Å². The van der Waals surface area contributed by atoms with Crippen LogP contribution in [-0.4, -0.2) is 53.4 Å². The smallest absolute Gasteiger partial charge is 0.411 e. The highest BCUT2D eigenvalue weighted by molar-refractivity contribution is 6.38. The lowest BCUT2D eigenvalue weighted by molar-refractivity contribution is 0.158. The number of para-hydroxylation sites is 1. The number of halogens is 5. The van der Waals surface area contributed by atoms with Crippen LogP contribution in [0.2, 0.25) is 25.1 Å². The van der Waals surface area contributed by atoms with Crippen LogP contribution in [0.4, 0.5) is 31.4 Å². The maximum Gasteiger partial charge on any atom is 0.411 e. The van der Waals surface area contributed by atoms with Gasteiger partial charge in [0.05, 0.1) is 52.0 Å². The number of nitrogens with one attached hydrogen (secondary N) is 3. The predicted molar refractivity (Wildman–Crippen MR) is 231 cm³/mol. The SMILES string of the molecule is CCCCCCOC(=O)Nc1cc(Cl)c(C)c(Cl)c1O.CCCCCCOC(=O)Nc1cc(Cl)cc(Cl)c1O.CCCCCCOC(=O)Nc1cccc(Cl)c1O. The zero-order chi connectivity index (χ0) is 42.8. The van der Waals surface area contributed by atoms with Crippen molar-refractivity contribution in [2.24, 2.45) is 0 Å². The molecule has 0 spiro atoms. The predicted octanol–water partition coefficient (Wildman–Crippen LogP) is 14.1. The number of hydrogen-bond acceptors (Lipinski definition) is 9. The van der Waals surface area contributed by atoms with E-state index in [0.717, 1.165) is 77.0 Å². The molecule has 0 aromatic heterocycles. The zero-order valence-electron chi connectivity index (χ0n) is 32.8. The van der Waals surface area contributed by atoms with E-state index in [4.69, 9.17) is 72.2 Å². The number of amides is 3. The van der Waals surface area contributed by atoms with Crippen LogP contribution in [0.25, 0.3) is 0 Å². The molecule has 17 heteroatoms. The summed E-state index contributed by atoms with van der Waals surface area (Å²) in [5.74, 6) is -0.590. The molecular weight excluding hydrogens is 844 g/mol. The maximum absolute atomic E-state index is 11.6. The van der Waals surface area contributed by atoms with Crippen LogP contribution in [0.15, 0.2) is 36.4 Å². The molecule has 0 fully saturated rings. The van der Waals surface area contributed by atoms with Crippen LogP contribution in [0, 0.1) is 6.92 Å². The van der Waals surface area contributed by atoms with Crippen molar-refractivity contribution in [1.82, 2.24) is 0 Å². The van der Waals surface area contributed by atoms with Gasteiger partial charge in [-0.05, 0) is 62.1 Å². The Bertz CT molecular complexity index is 1700. The zero-order valence-corrected chi connectivity index (χ0v) is 36.5. The number of rotatable bonds is 18. The van der Waals surface area contributed by atoms with E-state index in [9.17, 15) is 29.7 Å². The molecule has 0 heterocycles. The van der Waals surface area contributed by atoms with Gasteiger partial charge in [-0.1, -0.05) is 143 Å². The Hall–Kier alpha value is -3.68. The number of ether oxygens (including phenoxy) is 3. The molecular formula is C40H54Cl5N3O9. The van der Waals surface area contributed by atoms with Gasteiger partial charge in [-0.2, -0.15) is 0 Å². The molecule has 0 atom stereocenters. The van der Waals surface area contributed by atoms with Gasteiger partial charge in [0.2, 0.25) is 0 Å². The molecule has 3 rings (SSSR count). The molecule has 0 saturated carbocycles. The van der Waals surface area contributed by atoms with Crippen molar-refractivity contribution in [1.29, 1.82) is 0 Å². The fourth-order valence-electron chi connectivity index (χ4n) is 4.60. The fourth-order valence-corrected chi connectivity index (χ4v) is 5.72. The number of aromatic hydroxyl groups is 3. The van der Waals surface area contributed by atoms with Crippen LogP contribution >= 0.6 is 58.0 Å². The van der Waals surface area contributed by atoms with Gasteiger partial charge in [-0.15, -0.1) is 0 Å². The minimum Gasteiger partial charge on any atom is -0.504 e. The lowest BCUT2D eigenvalue weighted by Gasteiger charge is -2.11. The highest BCUT2D eigenvalue weighted by Crippen LogP contribution is 2.39. The third kappa shape index (κ3) is 21.1. The van der Waals surface area contributed by atoms with Crippen LogP contribution in [-0.2, 0) is 14.2 Å². The van der Waals surface area contributed by atoms with Crippen molar-refractivity contribution >= 4 is 93.3 Å². The normalized spacial score (nSPS) is 10.3. The van der Waals surface area contributed by atoms with Gasteiger partial charge in [0, 0.05) is 10.0 Å². The van der Waals surface area contributed by atoms with Crippen LogP contribution < -0.4 is 16.0 Å². The van der Waals surface area contributed by atoms with Gasteiger partial charge in [0.1, 0.15) is 0 Å². The first kappa shape index (κ1) is 51.3. The first-order chi connectivity index (χ1) is 27.2. The van der Waals surface area contributed by atoms with Gasteiger partial charge in [-0.3, -0.25) is 16.0 Å². The van der Waals surface area contributed by atoms with E-state index in [1.807, 2.05) is 0 Å². The van der Waals surface area contributed by atoms with E-state index in [0.29, 0.717) is 35.4 Å². The van der Waals surface area contributed by atoms with Gasteiger partial charge < -0.3 is 29.5 Å². The first-order valence-electron chi connectivity index (χ1n) is 18.8. The second-order valence-corrected chi connectivity index (χ2v) is 14.6. The molecule has 318 valence electrons. The van der Waals surface area contributed by atoms with E-state index in [1.54, 1.807) is 19.1 Å². The number of anilines is 3. The van der Waals surface area contributed by atoms with Gasteiger partial charge in [0.25, 0.3) is 0 Å². The molecule has 0 saturated heterocycles. The summed E-state index contributed by atoms with van der Waals surface area (Å²) in [5, 5.41) is 37.4. The third-order valence-corrected chi connectivity index (χ3v) is 9.51. The molecule has 0 aliphatic carbocycles. The van der Waals surface area contributed by atoms with Crippen molar-refractivity contribution in [3.05, 3.63) is 67.1 Å². The number of carbonyl (C=O) groups is 3. The average molecular weight is 898 g/mol. The molecule has 0 aliphatic rings. The Kier molecular flexibility index (Phi) is 26.6. The van der Waals surface area contributed by atoms with Crippen LogP contribution in [0.3, 0.4) is 0 Å². The van der Waals surface area contributed by atoms with E-state index >= 15 is 0 Å². The van der Waals surface area contributed by atoms with E-state index < -0.39 is 18.3 Å². The number of carbonyl (C=O) groups excluding carboxylic acids is 3. The molecule has 3 amide bonds. The molecule has 0 unspecified atom stereocenters. The molecule has 0 radical (unpaired) electrons. The Balaban J connectivity index is 0.000000428. The molecule has 57 heavy (non-hydrogen) atoms. The van der Waals surface area contributed by atoms with E-state index in [2.05, 4.69) is 36.7 Å². The molecule has 12 nitrogen and oxygen atoms in total. The number of phenols is 3. The van der Waals surface area contributed by atoms with Crippen LogP contribution in [0.1, 0.15) is 103 Å². The Morgan fingerprint density at radius 1 is 0.526 bits per heavy atom. The summed E-state index contributed by atoms with van der Waals surface area (Å²) in [7, 11) is 0. The molecule has 0 aliphatic heterocycles. The highest BCUT2D eigenvalue weighted by atomic mass is 35.5. The number of hydrogen-bond donors (Lipinski definition) is 6. The Morgan fingerprint density at radius 2 is 0.947 bits per heavy atom. The summed E-state index contributed by atoms with van der Waals surface area (Å²) < 4.78 is 15.0. The number of unbranched alkanes of at least 4 members (excludes halogenated alkanes) is 9. The Labute approximate surface area is 360 Å². The summed E-state index contributed by atoms with van der Waals surface area (Å²) >= 11 is 29.1. The fraction of sp³-hybridized carbons (Fsp3) is 0.475. The summed E-state index contributed by atoms with van der Waals surface area (Å²) in [6.45, 7) is 9.10. The van der Waals surface area contributed by atoms with E-state index in [-0.39, 0.29) is 49.4 Å². The standard InChI is InChI=1S/C14H19Cl2NO3.C13H17Cl2NO3.C13H18ClNO3/c1-3-4-5-6-7-20-14(19)17-11-8-10(15)9(2)12(16)13(11)18;1-2-3-4-5-6-19-13(18)16-11-8-9(14)7-10(15)12(11)17;1-2-3-4-5-9-18-13(17)15-11-8-6-7-10(14)12(11)16/h8,18H,3-7H2,1-2H3,(H,17,19);7-8,17H,2-6H2,1H3,(H,16,18);6-8,16H,2-5,9H2,1H3,(H,15,17). The topological polar surface area (TPSA) is 176 Å². The average Bonchev–Trinajstić information content (AvgIpc) is 3.17. The highest BCUT2D eigenvalue weighted by Gasteiger charge is 2.15. The minimum atomic E-state index is -0.634. The molecule has 3 aromatic carbocycles. The number of phenolic OH excluding ortho intramolecular Hbond substituents is 3. The lowest BCUT2D eigenvalue weighted by atomic mass is 10.2. The third-order valence-electron chi connectivity index (χ3n) is 7.84. The van der Waals surface area contributed by atoms with E-state index in [1.165, 1.54) is 24.3 Å². The Morgan fingerprint density at radius 3 is 1.40 bits per heavy atom. The molecule has 0 bridgehead atoms.